The highest BCUT2D eigenvalue weighted by atomic mass is 19.1. The lowest BCUT2D eigenvalue weighted by atomic mass is 10.1. The monoisotopic (exact) mass is 508 g/mol. The Balaban J connectivity index is 1.48. The molecule has 3 aromatic carbocycles. The van der Waals surface area contributed by atoms with E-state index in [1.165, 1.54) is 6.07 Å². The summed E-state index contributed by atoms with van der Waals surface area (Å²) in [6.07, 6.45) is -2.30. The highest BCUT2D eigenvalue weighted by Crippen LogP contribution is 2.25. The third-order valence-electron chi connectivity index (χ3n) is 5.93. The summed E-state index contributed by atoms with van der Waals surface area (Å²) in [4.78, 5) is 23.7. The number of hydrogen-bond acceptors (Lipinski definition) is 7. The quantitative estimate of drug-likeness (QED) is 0.236. The maximum absolute atomic E-state index is 13.7. The molecule has 0 radical (unpaired) electrons. The van der Waals surface area contributed by atoms with Crippen molar-refractivity contribution >= 4 is 22.7 Å². The van der Waals surface area contributed by atoms with Crippen molar-refractivity contribution in [3.63, 3.8) is 0 Å². The molecule has 1 aromatic heterocycles. The van der Waals surface area contributed by atoms with Crippen molar-refractivity contribution in [2.24, 2.45) is 0 Å². The average Bonchev–Trinajstić information content (AvgIpc) is 3.20. The topological polar surface area (TPSA) is 131 Å². The Hall–Kier alpha value is -4.35. The van der Waals surface area contributed by atoms with Crippen molar-refractivity contribution in [1.29, 1.82) is 0 Å². The summed E-state index contributed by atoms with van der Waals surface area (Å²) >= 11 is 0. The molecule has 0 fully saturated rings. The van der Waals surface area contributed by atoms with Crippen molar-refractivity contribution in [2.75, 3.05) is 19.7 Å². The number of nitrogens with zero attached hydrogens (tertiary/aromatic N) is 4. The maximum Gasteiger partial charge on any atom is 0.432 e. The number of benzene rings is 3. The van der Waals surface area contributed by atoms with Gasteiger partial charge in [-0.3, -0.25) is 15.0 Å². The number of carboxylic acid groups (broad SMARTS) is 1. The van der Waals surface area contributed by atoms with Gasteiger partial charge in [0.05, 0.1) is 22.2 Å². The minimum Gasteiger partial charge on any atom is -0.492 e. The van der Waals surface area contributed by atoms with Crippen LogP contribution in [0.15, 0.2) is 66.7 Å². The van der Waals surface area contributed by atoms with Crippen LogP contribution >= 0.6 is 0 Å². The van der Waals surface area contributed by atoms with Crippen molar-refractivity contribution in [1.82, 2.24) is 14.7 Å². The van der Waals surface area contributed by atoms with Crippen LogP contribution < -0.4 is 4.74 Å². The van der Waals surface area contributed by atoms with E-state index in [9.17, 15) is 29.5 Å². The third-order valence-corrected chi connectivity index (χ3v) is 5.93. The number of aryl methyl sites for hydroxylation is 1. The van der Waals surface area contributed by atoms with E-state index in [4.69, 9.17) is 4.74 Å². The lowest BCUT2D eigenvalue weighted by Crippen LogP contribution is -2.32. The van der Waals surface area contributed by atoms with E-state index >= 15 is 0 Å². The van der Waals surface area contributed by atoms with Crippen LogP contribution in [0.4, 0.5) is 14.9 Å². The Labute approximate surface area is 211 Å². The highest BCUT2D eigenvalue weighted by Gasteiger charge is 2.20. The van der Waals surface area contributed by atoms with E-state index < -0.39 is 28.6 Å². The predicted octanol–water partition coefficient (Wildman–Crippen LogP) is 4.53. The molecule has 192 valence electrons. The van der Waals surface area contributed by atoms with Crippen LogP contribution in [0.25, 0.3) is 10.9 Å². The molecule has 0 aliphatic carbocycles. The normalized spacial score (nSPS) is 12.1. The fourth-order valence-electron chi connectivity index (χ4n) is 4.08. The van der Waals surface area contributed by atoms with Gasteiger partial charge < -0.3 is 14.9 Å². The van der Waals surface area contributed by atoms with Gasteiger partial charge in [0.1, 0.15) is 12.4 Å². The zero-order chi connectivity index (χ0) is 26.5. The van der Waals surface area contributed by atoms with Gasteiger partial charge in [0, 0.05) is 37.2 Å². The summed E-state index contributed by atoms with van der Waals surface area (Å²) in [5, 5.41) is 36.0. The van der Waals surface area contributed by atoms with Crippen LogP contribution in [0.5, 0.6) is 5.75 Å². The maximum atomic E-state index is 13.7. The fraction of sp³-hybridized carbons (Fsp3) is 0.231. The minimum absolute atomic E-state index is 0.116. The van der Waals surface area contributed by atoms with Crippen LogP contribution in [-0.2, 0) is 6.54 Å². The summed E-state index contributed by atoms with van der Waals surface area (Å²) in [7, 11) is 0. The smallest absolute Gasteiger partial charge is 0.432 e. The first-order valence-electron chi connectivity index (χ1n) is 11.5. The number of aromatic nitrogens is 2. The molecular formula is C26H25FN4O6. The number of hydrogen-bond donors (Lipinski definition) is 2. The molecule has 1 unspecified atom stereocenters. The Morgan fingerprint density at radius 2 is 1.95 bits per heavy atom. The van der Waals surface area contributed by atoms with Crippen LogP contribution in [0.3, 0.4) is 0 Å². The number of carbonyl (C=O) groups is 1. The number of fused-ring (bicyclic) bond motifs is 1. The van der Waals surface area contributed by atoms with Crippen molar-refractivity contribution in [3.05, 3.63) is 99.5 Å². The van der Waals surface area contributed by atoms with Gasteiger partial charge in [0.15, 0.2) is 0 Å². The number of ether oxygens (including phenoxy) is 1. The lowest BCUT2D eigenvalue weighted by Gasteiger charge is -2.25. The minimum atomic E-state index is -1.20. The second kappa shape index (κ2) is 11.1. The van der Waals surface area contributed by atoms with E-state index in [2.05, 4.69) is 5.10 Å². The average molecular weight is 509 g/mol. The van der Waals surface area contributed by atoms with Gasteiger partial charge in [-0.2, -0.15) is 14.2 Å². The Morgan fingerprint density at radius 3 is 2.65 bits per heavy atom. The molecule has 0 aliphatic heterocycles. The van der Waals surface area contributed by atoms with Gasteiger partial charge in [-0.25, -0.2) is 4.79 Å². The first kappa shape index (κ1) is 25.7. The molecule has 0 aliphatic rings. The van der Waals surface area contributed by atoms with E-state index in [1.54, 1.807) is 25.1 Å². The summed E-state index contributed by atoms with van der Waals surface area (Å²) in [6, 6.07) is 18.0. The van der Waals surface area contributed by atoms with Gasteiger partial charge in [0.2, 0.25) is 5.82 Å². The fourth-order valence-corrected chi connectivity index (χ4v) is 4.08. The SMILES string of the molecule is Cc1nn(C(=O)O)c2cc(OCCN(Cc3ccccc3)CC(O)c3ccc(F)c([N+](=O)[O-])c3)ccc12. The zero-order valence-corrected chi connectivity index (χ0v) is 20.0. The van der Waals surface area contributed by atoms with E-state index in [0.29, 0.717) is 35.4 Å². The predicted molar refractivity (Wildman–Crippen MR) is 133 cm³/mol. The molecule has 10 nitrogen and oxygen atoms in total. The number of rotatable bonds is 10. The number of nitro benzene ring substituents is 1. The molecular weight excluding hydrogens is 483 g/mol. The number of nitro groups is 1. The first-order valence-corrected chi connectivity index (χ1v) is 11.5. The number of aliphatic hydroxyl groups is 1. The standard InChI is InChI=1S/C26H25FN4O6/c1-17-21-9-8-20(14-23(21)30(28-17)26(33)34)37-12-11-29(15-18-5-3-2-4-6-18)16-25(32)19-7-10-22(27)24(13-19)31(35)36/h2-10,13-14,25,32H,11-12,15-16H2,1H3,(H,33,34). The number of aliphatic hydroxyl groups excluding tert-OH is 1. The van der Waals surface area contributed by atoms with Gasteiger partial charge in [-0.1, -0.05) is 36.4 Å². The molecule has 11 heteroatoms. The van der Waals surface area contributed by atoms with E-state index in [-0.39, 0.29) is 18.7 Å². The summed E-state index contributed by atoms with van der Waals surface area (Å²) in [6.45, 7) is 2.91. The van der Waals surface area contributed by atoms with E-state index in [1.807, 2.05) is 35.2 Å². The third kappa shape index (κ3) is 6.08. The summed E-state index contributed by atoms with van der Waals surface area (Å²) in [5.74, 6) is -0.504. The van der Waals surface area contributed by atoms with Crippen LogP contribution in [0, 0.1) is 22.9 Å². The van der Waals surface area contributed by atoms with E-state index in [0.717, 1.165) is 22.4 Å². The lowest BCUT2D eigenvalue weighted by molar-refractivity contribution is -0.387. The molecule has 2 N–H and O–H groups in total. The molecule has 0 spiro atoms. The Kier molecular flexibility index (Phi) is 7.75. The van der Waals surface area contributed by atoms with Crippen molar-refractivity contribution < 1.29 is 29.1 Å². The van der Waals surface area contributed by atoms with Crippen molar-refractivity contribution in [3.8, 4) is 5.75 Å². The van der Waals surface area contributed by atoms with Gasteiger partial charge >= 0.3 is 11.8 Å². The summed E-state index contributed by atoms with van der Waals surface area (Å²) < 4.78 is 20.5. The van der Waals surface area contributed by atoms with Crippen LogP contribution in [0.2, 0.25) is 0 Å². The number of halogens is 1. The molecule has 0 amide bonds. The summed E-state index contributed by atoms with van der Waals surface area (Å²) in [5.41, 5.74) is 1.53. The second-order valence-corrected chi connectivity index (χ2v) is 8.51. The van der Waals surface area contributed by atoms with Crippen LogP contribution in [-0.4, -0.2) is 55.6 Å². The van der Waals surface area contributed by atoms with Crippen molar-refractivity contribution in [2.45, 2.75) is 19.6 Å². The molecule has 0 saturated heterocycles. The molecule has 1 heterocycles. The first-order chi connectivity index (χ1) is 17.7. The van der Waals surface area contributed by atoms with Gasteiger partial charge in [-0.05, 0) is 36.2 Å². The zero-order valence-electron chi connectivity index (χ0n) is 20.0. The van der Waals surface area contributed by atoms with Crippen LogP contribution in [0.1, 0.15) is 22.9 Å². The molecule has 0 saturated carbocycles. The molecule has 37 heavy (non-hydrogen) atoms. The molecule has 4 rings (SSSR count). The molecule has 1 atom stereocenters. The second-order valence-electron chi connectivity index (χ2n) is 8.51. The Morgan fingerprint density at radius 1 is 1.19 bits per heavy atom. The largest absolute Gasteiger partial charge is 0.492 e. The van der Waals surface area contributed by atoms with Gasteiger partial charge in [0.25, 0.3) is 0 Å². The van der Waals surface area contributed by atoms with Gasteiger partial charge in [-0.15, -0.1) is 0 Å². The molecule has 4 aromatic rings. The highest BCUT2D eigenvalue weighted by molar-refractivity contribution is 5.89. The molecule has 0 bridgehead atoms. The Bertz CT molecular complexity index is 1430.